The van der Waals surface area contributed by atoms with Gasteiger partial charge < -0.3 is 9.47 Å². The largest absolute Gasteiger partial charge is 0.471 e. The number of benzene rings is 1. The fourth-order valence-corrected chi connectivity index (χ4v) is 1.89. The number of esters is 1. The average Bonchev–Trinajstić information content (AvgIpc) is 2.60. The van der Waals surface area contributed by atoms with Gasteiger partial charge in [0.25, 0.3) is 0 Å². The molecule has 30 heavy (non-hydrogen) atoms. The molecule has 0 fully saturated rings. The first-order valence-corrected chi connectivity index (χ1v) is 7.57. The third-order valence-electron chi connectivity index (χ3n) is 3.48. The zero-order chi connectivity index (χ0) is 23.8. The van der Waals surface area contributed by atoms with Gasteiger partial charge in [-0.1, -0.05) is 24.8 Å². The molecule has 0 spiro atoms. The number of carbonyl (C=O) groups is 1. The Morgan fingerprint density at radius 3 is 1.83 bits per heavy atom. The molecule has 0 unspecified atom stereocenters. The van der Waals surface area contributed by atoms with Crippen molar-refractivity contribution in [1.82, 2.24) is 0 Å². The molecule has 0 aromatic heterocycles. The number of para-hydroxylation sites is 1. The predicted octanol–water partition coefficient (Wildman–Crippen LogP) is 5.70. The third-order valence-corrected chi connectivity index (χ3v) is 3.48. The maximum absolute atomic E-state index is 13.8. The highest BCUT2D eigenvalue weighted by atomic mass is 19.4. The highest BCUT2D eigenvalue weighted by molar-refractivity contribution is 6.16. The second kappa shape index (κ2) is 7.95. The van der Waals surface area contributed by atoms with Crippen molar-refractivity contribution < 1.29 is 62.6 Å². The Morgan fingerprint density at radius 1 is 0.867 bits per heavy atom. The summed E-state index contributed by atoms with van der Waals surface area (Å²) >= 11 is 0. The molecule has 0 aliphatic heterocycles. The lowest BCUT2D eigenvalue weighted by molar-refractivity contribution is -0.445. The molecule has 1 rings (SSSR count). The lowest BCUT2D eigenvalue weighted by Gasteiger charge is -2.36. The number of halogens is 11. The smallest absolute Gasteiger partial charge is 0.462 e. The Bertz CT molecular complexity index is 800. The van der Waals surface area contributed by atoms with Gasteiger partial charge in [0.2, 0.25) is 0 Å². The van der Waals surface area contributed by atoms with Crippen LogP contribution in [0.5, 0.6) is 5.75 Å². The van der Waals surface area contributed by atoms with Gasteiger partial charge in [0, 0.05) is 5.56 Å². The molecule has 0 heterocycles. The van der Waals surface area contributed by atoms with Crippen molar-refractivity contribution in [3.05, 3.63) is 36.4 Å². The summed E-state index contributed by atoms with van der Waals surface area (Å²) in [6, 6.07) is 3.07. The van der Waals surface area contributed by atoms with Crippen LogP contribution in [0, 0.1) is 0 Å². The van der Waals surface area contributed by atoms with Crippen LogP contribution in [-0.2, 0) is 9.53 Å². The number of hydrogen-bond donors (Lipinski definition) is 0. The van der Waals surface area contributed by atoms with E-state index in [0.29, 0.717) is 6.07 Å². The Morgan fingerprint density at radius 2 is 1.37 bits per heavy atom. The van der Waals surface area contributed by atoms with E-state index in [9.17, 15) is 53.1 Å². The van der Waals surface area contributed by atoms with Crippen LogP contribution in [0.15, 0.2) is 30.8 Å². The van der Waals surface area contributed by atoms with Crippen LogP contribution >= 0.6 is 0 Å². The fourth-order valence-electron chi connectivity index (χ4n) is 1.89. The van der Waals surface area contributed by atoms with Crippen molar-refractivity contribution in [2.45, 2.75) is 37.0 Å². The maximum Gasteiger partial charge on any atom is 0.471 e. The maximum atomic E-state index is 13.8. The number of rotatable bonds is 8. The molecule has 0 amide bonds. The van der Waals surface area contributed by atoms with E-state index in [1.807, 2.05) is 0 Å². The normalized spacial score (nSPS) is 13.7. The Balaban J connectivity index is 3.41. The van der Waals surface area contributed by atoms with E-state index in [-0.39, 0.29) is 6.61 Å². The molecule has 0 aliphatic rings. The molecule has 0 radical (unpaired) electrons. The van der Waals surface area contributed by atoms with Gasteiger partial charge in [-0.05, 0) is 13.0 Å². The van der Waals surface area contributed by atoms with Gasteiger partial charge in [-0.2, -0.15) is 48.3 Å². The SMILES string of the molecule is C=C(C(=O)OCC)c1ccccc1OC(F)(F)C(F)(F)C(F)(F)C(F)(F)C(F)(F)F. The summed E-state index contributed by atoms with van der Waals surface area (Å²) in [5.74, 6) is -25.2. The van der Waals surface area contributed by atoms with Crippen molar-refractivity contribution in [3.8, 4) is 5.75 Å². The van der Waals surface area contributed by atoms with Gasteiger partial charge in [0.1, 0.15) is 5.75 Å². The van der Waals surface area contributed by atoms with E-state index in [4.69, 9.17) is 0 Å². The molecule has 0 bridgehead atoms. The molecule has 170 valence electrons. The number of alkyl halides is 11. The molecule has 0 N–H and O–H groups in total. The first kappa shape index (κ1) is 25.5. The molecule has 1 aromatic carbocycles. The quantitative estimate of drug-likeness (QED) is 0.284. The van der Waals surface area contributed by atoms with Gasteiger partial charge in [-0.3, -0.25) is 0 Å². The topological polar surface area (TPSA) is 35.5 Å². The van der Waals surface area contributed by atoms with Crippen LogP contribution in [0.4, 0.5) is 48.3 Å². The third kappa shape index (κ3) is 4.17. The summed E-state index contributed by atoms with van der Waals surface area (Å²) in [4.78, 5) is 11.6. The monoisotopic (exact) mass is 460 g/mol. The minimum Gasteiger partial charge on any atom is -0.462 e. The number of carbonyl (C=O) groups excluding carboxylic acids is 1. The second-order valence-corrected chi connectivity index (χ2v) is 5.53. The lowest BCUT2D eigenvalue weighted by atomic mass is 10.0. The Kier molecular flexibility index (Phi) is 6.75. The summed E-state index contributed by atoms with van der Waals surface area (Å²) in [6.07, 6.45) is -13.9. The van der Waals surface area contributed by atoms with Crippen molar-refractivity contribution in [2.24, 2.45) is 0 Å². The molecule has 0 atom stereocenters. The number of hydrogen-bond acceptors (Lipinski definition) is 3. The van der Waals surface area contributed by atoms with Crippen molar-refractivity contribution in [1.29, 1.82) is 0 Å². The molecule has 3 nitrogen and oxygen atoms in total. The van der Waals surface area contributed by atoms with Crippen molar-refractivity contribution >= 4 is 11.5 Å². The van der Waals surface area contributed by atoms with Crippen LogP contribution in [0.2, 0.25) is 0 Å². The summed E-state index contributed by atoms with van der Waals surface area (Å²) < 4.78 is 151. The van der Waals surface area contributed by atoms with Crippen LogP contribution in [0.1, 0.15) is 12.5 Å². The minimum atomic E-state index is -7.62. The zero-order valence-corrected chi connectivity index (χ0v) is 14.6. The van der Waals surface area contributed by atoms with Gasteiger partial charge >= 0.3 is 36.0 Å². The summed E-state index contributed by atoms with van der Waals surface area (Å²) in [7, 11) is 0. The van der Waals surface area contributed by atoms with Gasteiger partial charge in [-0.25, -0.2) is 4.79 Å². The average molecular weight is 460 g/mol. The first-order valence-electron chi connectivity index (χ1n) is 7.57. The Hall–Kier alpha value is -2.54. The standard InChI is InChI=1S/C16H11F11O3/c1-3-29-11(28)8(2)9-6-4-5-7-10(9)30-16(26,27)14(21,22)12(17,18)13(19,20)15(23,24)25/h4-7H,2-3H2,1H3. The summed E-state index contributed by atoms with van der Waals surface area (Å²) in [5.41, 5.74) is -1.57. The van der Waals surface area contributed by atoms with E-state index in [1.54, 1.807) is 0 Å². The molecule has 0 saturated carbocycles. The van der Waals surface area contributed by atoms with Crippen molar-refractivity contribution in [2.75, 3.05) is 6.61 Å². The number of ether oxygens (including phenoxy) is 2. The van der Waals surface area contributed by atoms with E-state index < -0.39 is 52.9 Å². The predicted molar refractivity (Wildman–Crippen MR) is 78.6 cm³/mol. The second-order valence-electron chi connectivity index (χ2n) is 5.53. The minimum absolute atomic E-state index is 0.242. The van der Waals surface area contributed by atoms with Crippen LogP contribution in [0.25, 0.3) is 5.57 Å². The van der Waals surface area contributed by atoms with Crippen LogP contribution in [-0.4, -0.2) is 42.6 Å². The van der Waals surface area contributed by atoms with E-state index >= 15 is 0 Å². The van der Waals surface area contributed by atoms with Gasteiger partial charge in [-0.15, -0.1) is 0 Å². The molecular formula is C16H11F11O3. The van der Waals surface area contributed by atoms with E-state index in [0.717, 1.165) is 18.2 Å². The van der Waals surface area contributed by atoms with E-state index in [1.165, 1.54) is 6.92 Å². The van der Waals surface area contributed by atoms with Gasteiger partial charge in [0.05, 0.1) is 12.2 Å². The van der Waals surface area contributed by atoms with Crippen LogP contribution < -0.4 is 4.74 Å². The molecule has 0 aliphatic carbocycles. The highest BCUT2D eigenvalue weighted by Crippen LogP contribution is 2.57. The zero-order valence-electron chi connectivity index (χ0n) is 14.6. The molecule has 1 aromatic rings. The van der Waals surface area contributed by atoms with Crippen LogP contribution in [0.3, 0.4) is 0 Å². The first-order chi connectivity index (χ1) is 13.3. The van der Waals surface area contributed by atoms with Crippen molar-refractivity contribution in [3.63, 3.8) is 0 Å². The Labute approximate surface area is 161 Å². The molecule has 0 saturated heterocycles. The summed E-state index contributed by atoms with van der Waals surface area (Å²) in [5, 5.41) is 0. The van der Waals surface area contributed by atoms with E-state index in [2.05, 4.69) is 16.1 Å². The lowest BCUT2D eigenvalue weighted by Crippen LogP contribution is -2.67. The van der Waals surface area contributed by atoms with Gasteiger partial charge in [0.15, 0.2) is 0 Å². The fraction of sp³-hybridized carbons (Fsp3) is 0.438. The molecule has 14 heteroatoms. The summed E-state index contributed by atoms with van der Waals surface area (Å²) in [6.45, 7) is 4.20. The molecular weight excluding hydrogens is 449 g/mol. The highest BCUT2D eigenvalue weighted by Gasteiger charge is 2.88.